The number of aryl methyl sites for hydroxylation is 2. The summed E-state index contributed by atoms with van der Waals surface area (Å²) in [5, 5.41) is 3.93. The zero-order valence-electron chi connectivity index (χ0n) is 16.4. The Morgan fingerprint density at radius 3 is 2.29 bits per heavy atom. The normalized spacial score (nSPS) is 11.6. The van der Waals surface area contributed by atoms with Crippen LogP contribution in [-0.4, -0.2) is 27.6 Å². The Balaban J connectivity index is 1.93. The van der Waals surface area contributed by atoms with Gasteiger partial charge in [0.05, 0.1) is 16.8 Å². The molecule has 0 atom stereocenters. The summed E-state index contributed by atoms with van der Waals surface area (Å²) in [7, 11) is -1.81. The van der Waals surface area contributed by atoms with Crippen molar-refractivity contribution >= 4 is 48.7 Å². The Morgan fingerprint density at radius 2 is 1.71 bits per heavy atom. The van der Waals surface area contributed by atoms with Gasteiger partial charge in [-0.3, -0.25) is 9.10 Å². The molecule has 0 aliphatic carbocycles. The number of carbonyl (C=O) groups excluding carboxylic acids is 1. The molecule has 148 valence electrons. The van der Waals surface area contributed by atoms with Crippen LogP contribution >= 0.6 is 11.3 Å². The van der Waals surface area contributed by atoms with Crippen molar-refractivity contribution in [1.82, 2.24) is 0 Å². The molecule has 0 unspecified atom stereocenters. The Hall–Kier alpha value is -2.38. The molecule has 1 aromatic heterocycles. The van der Waals surface area contributed by atoms with Crippen LogP contribution in [0.4, 0.5) is 11.4 Å². The number of hydrogen-bond donors (Lipinski definition) is 1. The Kier molecular flexibility index (Phi) is 5.76. The first-order valence-electron chi connectivity index (χ1n) is 9.14. The summed E-state index contributed by atoms with van der Waals surface area (Å²) >= 11 is 1.40. The van der Waals surface area contributed by atoms with Gasteiger partial charge >= 0.3 is 0 Å². The molecule has 7 heteroatoms. The van der Waals surface area contributed by atoms with E-state index in [-0.39, 0.29) is 5.91 Å². The van der Waals surface area contributed by atoms with E-state index in [1.54, 1.807) is 12.1 Å². The van der Waals surface area contributed by atoms with Gasteiger partial charge in [0.1, 0.15) is 0 Å². The number of carbonyl (C=O) groups is 1. The third-order valence-corrected chi connectivity index (χ3v) is 7.14. The molecule has 0 fully saturated rings. The highest BCUT2D eigenvalue weighted by atomic mass is 32.2. The summed E-state index contributed by atoms with van der Waals surface area (Å²) in [5.74, 6) is -0.144. The lowest BCUT2D eigenvalue weighted by molar-refractivity contribution is 0.103. The molecule has 1 heterocycles. The second-order valence-electron chi connectivity index (χ2n) is 6.68. The molecule has 0 radical (unpaired) electrons. The first kappa shape index (κ1) is 20.4. The molecule has 0 saturated heterocycles. The number of amides is 1. The maximum Gasteiger partial charge on any atom is 0.265 e. The van der Waals surface area contributed by atoms with E-state index < -0.39 is 10.0 Å². The molecule has 3 rings (SSSR count). The summed E-state index contributed by atoms with van der Waals surface area (Å²) in [6, 6.07) is 13.3. The number of para-hydroxylation sites is 1. The van der Waals surface area contributed by atoms with Crippen LogP contribution in [0.3, 0.4) is 0 Å². The molecule has 0 aliphatic heterocycles. The minimum Gasteiger partial charge on any atom is -0.321 e. The number of rotatable bonds is 6. The Bertz CT molecular complexity index is 1110. The average Bonchev–Trinajstić information content (AvgIpc) is 3.10. The van der Waals surface area contributed by atoms with Crippen molar-refractivity contribution in [3.63, 3.8) is 0 Å². The summed E-state index contributed by atoms with van der Waals surface area (Å²) in [6.07, 6.45) is 2.86. The molecule has 3 aromatic rings. The summed E-state index contributed by atoms with van der Waals surface area (Å²) in [4.78, 5) is 13.5. The topological polar surface area (TPSA) is 66.5 Å². The minimum absolute atomic E-state index is 0.144. The van der Waals surface area contributed by atoms with Gasteiger partial charge in [0, 0.05) is 17.4 Å². The fraction of sp³-hybridized carbons (Fsp3) is 0.286. The average molecular weight is 417 g/mol. The van der Waals surface area contributed by atoms with Crippen LogP contribution in [0.5, 0.6) is 0 Å². The van der Waals surface area contributed by atoms with E-state index in [1.165, 1.54) is 28.9 Å². The molecule has 0 aliphatic rings. The molecule has 2 aromatic carbocycles. The largest absolute Gasteiger partial charge is 0.321 e. The van der Waals surface area contributed by atoms with Crippen molar-refractivity contribution < 1.29 is 13.2 Å². The Morgan fingerprint density at radius 1 is 1.07 bits per heavy atom. The van der Waals surface area contributed by atoms with Crippen molar-refractivity contribution in [2.45, 2.75) is 26.7 Å². The van der Waals surface area contributed by atoms with Gasteiger partial charge < -0.3 is 5.32 Å². The number of fused-ring (bicyclic) bond motifs is 1. The van der Waals surface area contributed by atoms with Crippen LogP contribution in [0.2, 0.25) is 0 Å². The van der Waals surface area contributed by atoms with E-state index in [2.05, 4.69) is 19.2 Å². The summed E-state index contributed by atoms with van der Waals surface area (Å²) < 4.78 is 25.7. The van der Waals surface area contributed by atoms with Crippen molar-refractivity contribution in [2.75, 3.05) is 22.9 Å². The zero-order chi connectivity index (χ0) is 20.5. The lowest BCUT2D eigenvalue weighted by Crippen LogP contribution is -2.24. The molecule has 1 N–H and O–H groups in total. The fourth-order valence-corrected chi connectivity index (χ4v) is 4.54. The van der Waals surface area contributed by atoms with E-state index in [4.69, 9.17) is 0 Å². The number of hydrogen-bond acceptors (Lipinski definition) is 4. The minimum atomic E-state index is -3.33. The number of thiophene rings is 1. The molecule has 28 heavy (non-hydrogen) atoms. The predicted octanol–water partition coefficient (Wildman–Crippen LogP) is 4.67. The second-order valence-corrected chi connectivity index (χ2v) is 9.77. The van der Waals surface area contributed by atoms with Crippen LogP contribution < -0.4 is 9.62 Å². The van der Waals surface area contributed by atoms with Crippen molar-refractivity contribution in [2.24, 2.45) is 0 Å². The molecular formula is C21H24N2O3S2. The van der Waals surface area contributed by atoms with Gasteiger partial charge in [-0.1, -0.05) is 32.0 Å². The van der Waals surface area contributed by atoms with Crippen molar-refractivity contribution in [3.05, 3.63) is 58.5 Å². The van der Waals surface area contributed by atoms with Crippen molar-refractivity contribution in [3.8, 4) is 0 Å². The van der Waals surface area contributed by atoms with E-state index in [0.29, 0.717) is 10.6 Å². The highest BCUT2D eigenvalue weighted by molar-refractivity contribution is 7.92. The van der Waals surface area contributed by atoms with Gasteiger partial charge in [0.15, 0.2) is 0 Å². The van der Waals surface area contributed by atoms with E-state index in [0.717, 1.165) is 39.7 Å². The predicted molar refractivity (Wildman–Crippen MR) is 118 cm³/mol. The fourth-order valence-electron chi connectivity index (χ4n) is 3.11. The highest BCUT2D eigenvalue weighted by Gasteiger charge is 2.16. The maximum atomic E-state index is 12.9. The summed E-state index contributed by atoms with van der Waals surface area (Å²) in [5.41, 5.74) is 3.70. The van der Waals surface area contributed by atoms with Crippen LogP contribution in [0.25, 0.3) is 10.1 Å². The number of nitrogens with zero attached hydrogens (tertiary/aromatic N) is 1. The van der Waals surface area contributed by atoms with Crippen LogP contribution in [-0.2, 0) is 22.9 Å². The first-order valence-corrected chi connectivity index (χ1v) is 11.8. The lowest BCUT2D eigenvalue weighted by atomic mass is 10.0. The quantitative estimate of drug-likeness (QED) is 0.635. The Labute approximate surface area is 170 Å². The van der Waals surface area contributed by atoms with Gasteiger partial charge in [0.25, 0.3) is 5.91 Å². The highest BCUT2D eigenvalue weighted by Crippen LogP contribution is 2.31. The monoisotopic (exact) mass is 416 g/mol. The van der Waals surface area contributed by atoms with Gasteiger partial charge in [-0.05, 0) is 53.6 Å². The van der Waals surface area contributed by atoms with Crippen LogP contribution in [0, 0.1) is 0 Å². The van der Waals surface area contributed by atoms with E-state index in [9.17, 15) is 13.2 Å². The number of anilines is 2. The van der Waals surface area contributed by atoms with E-state index in [1.807, 2.05) is 30.3 Å². The molecule has 5 nitrogen and oxygen atoms in total. The maximum absolute atomic E-state index is 12.9. The van der Waals surface area contributed by atoms with Gasteiger partial charge in [-0.15, -0.1) is 11.3 Å². The number of benzene rings is 2. The van der Waals surface area contributed by atoms with Gasteiger partial charge in [0.2, 0.25) is 10.0 Å². The molecule has 0 saturated carbocycles. The molecule has 0 spiro atoms. The van der Waals surface area contributed by atoms with E-state index >= 15 is 0 Å². The molecule has 0 bridgehead atoms. The standard InChI is InChI=1S/C21H24N2O3S2/c1-5-14-8-7-9-15(6-2)20(14)22-21(24)19-13-16-12-17(10-11-18(16)27-19)23(3)28(4,25)26/h7-13H,5-6H2,1-4H3,(H,22,24). The smallest absolute Gasteiger partial charge is 0.265 e. The van der Waals surface area contributed by atoms with Gasteiger partial charge in [-0.25, -0.2) is 8.42 Å². The summed E-state index contributed by atoms with van der Waals surface area (Å²) in [6.45, 7) is 4.15. The number of sulfonamides is 1. The van der Waals surface area contributed by atoms with Crippen LogP contribution in [0.15, 0.2) is 42.5 Å². The third-order valence-electron chi connectivity index (χ3n) is 4.82. The molecule has 1 amide bonds. The van der Waals surface area contributed by atoms with Crippen LogP contribution in [0.1, 0.15) is 34.6 Å². The number of nitrogens with one attached hydrogen (secondary N) is 1. The van der Waals surface area contributed by atoms with Gasteiger partial charge in [-0.2, -0.15) is 0 Å². The lowest BCUT2D eigenvalue weighted by Gasteiger charge is -2.16. The molecular weight excluding hydrogens is 392 g/mol. The first-order chi connectivity index (χ1) is 13.2. The van der Waals surface area contributed by atoms with Crippen molar-refractivity contribution in [1.29, 1.82) is 0 Å². The SMILES string of the molecule is CCc1cccc(CC)c1NC(=O)c1cc2cc(N(C)S(C)(=O)=O)ccc2s1. The zero-order valence-corrected chi connectivity index (χ0v) is 18.1. The second kappa shape index (κ2) is 7.93. The third kappa shape index (κ3) is 4.05.